The zero-order valence-electron chi connectivity index (χ0n) is 21.5. The monoisotopic (exact) mass is 578 g/mol. The Hall–Kier alpha value is -3.32. The first-order chi connectivity index (χ1) is 19.0. The number of anilines is 1. The van der Waals surface area contributed by atoms with Crippen LogP contribution in [0.3, 0.4) is 0 Å². The number of nitrogens with one attached hydrogen (secondary N) is 1. The van der Waals surface area contributed by atoms with E-state index in [1.54, 1.807) is 23.6 Å². The summed E-state index contributed by atoms with van der Waals surface area (Å²) in [6.07, 6.45) is 5.79. The number of rotatable bonds is 9. The topological polar surface area (TPSA) is 59.9 Å². The van der Waals surface area contributed by atoms with Crippen LogP contribution in [0.5, 0.6) is 11.5 Å². The highest BCUT2D eigenvalue weighted by molar-refractivity contribution is 7.16. The summed E-state index contributed by atoms with van der Waals surface area (Å²) in [7, 11) is 0. The number of amides is 1. The minimum absolute atomic E-state index is 0.133. The van der Waals surface area contributed by atoms with Gasteiger partial charge in [0.05, 0.1) is 17.2 Å². The molecule has 1 amide bonds. The molecule has 1 heterocycles. The zero-order valence-corrected chi connectivity index (χ0v) is 23.8. The number of carbonyl (C=O) groups excluding carboxylic acids is 1. The lowest BCUT2D eigenvalue weighted by molar-refractivity contribution is 0.102. The number of fused-ring (bicyclic) bond motifs is 1. The van der Waals surface area contributed by atoms with Crippen LogP contribution in [0, 0.1) is 0 Å². The molecule has 5 rings (SSSR count). The number of carbonyl (C=O) groups is 1. The number of thiophene rings is 1. The second kappa shape index (κ2) is 12.7. The molecular formula is C31H28Cl2N2O3S. The van der Waals surface area contributed by atoms with Crippen molar-refractivity contribution in [2.45, 2.75) is 39.2 Å². The van der Waals surface area contributed by atoms with Gasteiger partial charge >= 0.3 is 0 Å². The summed E-state index contributed by atoms with van der Waals surface area (Å²) >= 11 is 14.2. The summed E-state index contributed by atoms with van der Waals surface area (Å²) in [5.41, 5.74) is 4.25. The summed E-state index contributed by atoms with van der Waals surface area (Å²) in [6, 6.07) is 20.6. The van der Waals surface area contributed by atoms with Gasteiger partial charge < -0.3 is 14.8 Å². The van der Waals surface area contributed by atoms with E-state index in [0.29, 0.717) is 45.3 Å². The van der Waals surface area contributed by atoms with Crippen molar-refractivity contribution >= 4 is 57.3 Å². The highest BCUT2D eigenvalue weighted by Crippen LogP contribution is 2.41. The maximum atomic E-state index is 13.4. The quantitative estimate of drug-likeness (QED) is 0.202. The molecule has 0 spiro atoms. The molecule has 1 N–H and O–H groups in total. The van der Waals surface area contributed by atoms with Crippen molar-refractivity contribution in [1.29, 1.82) is 0 Å². The molecule has 5 nitrogen and oxygen atoms in total. The number of aliphatic imine (C=N–C) groups is 1. The molecule has 39 heavy (non-hydrogen) atoms. The van der Waals surface area contributed by atoms with E-state index in [-0.39, 0.29) is 5.91 Å². The van der Waals surface area contributed by atoms with Crippen molar-refractivity contribution in [2.24, 2.45) is 4.99 Å². The molecule has 0 bridgehead atoms. The van der Waals surface area contributed by atoms with Crippen molar-refractivity contribution in [1.82, 2.24) is 0 Å². The Balaban J connectivity index is 1.42. The van der Waals surface area contributed by atoms with Crippen molar-refractivity contribution in [3.05, 3.63) is 104 Å². The van der Waals surface area contributed by atoms with Gasteiger partial charge in [0.1, 0.15) is 11.6 Å². The molecule has 1 aliphatic carbocycles. The largest absolute Gasteiger partial charge is 0.490 e. The van der Waals surface area contributed by atoms with Crippen LogP contribution >= 0.6 is 34.5 Å². The first kappa shape index (κ1) is 27.3. The minimum atomic E-state index is -0.133. The van der Waals surface area contributed by atoms with Crippen molar-refractivity contribution < 1.29 is 14.3 Å². The van der Waals surface area contributed by atoms with Gasteiger partial charge in [0, 0.05) is 21.8 Å². The van der Waals surface area contributed by atoms with E-state index in [4.69, 9.17) is 37.7 Å². The number of halogens is 2. The fourth-order valence-corrected chi connectivity index (χ4v) is 6.16. The van der Waals surface area contributed by atoms with Crippen LogP contribution in [0.4, 0.5) is 10.7 Å². The fourth-order valence-electron chi connectivity index (χ4n) is 4.53. The van der Waals surface area contributed by atoms with Crippen LogP contribution in [0.25, 0.3) is 0 Å². The second-order valence-corrected chi connectivity index (χ2v) is 11.1. The Morgan fingerprint density at radius 2 is 1.79 bits per heavy atom. The van der Waals surface area contributed by atoms with Gasteiger partial charge in [-0.05, 0) is 85.7 Å². The zero-order chi connectivity index (χ0) is 27.2. The highest BCUT2D eigenvalue weighted by atomic mass is 35.5. The number of hydrogen-bond donors (Lipinski definition) is 1. The summed E-state index contributed by atoms with van der Waals surface area (Å²) in [4.78, 5) is 19.4. The van der Waals surface area contributed by atoms with Crippen LogP contribution in [-0.4, -0.2) is 18.7 Å². The average Bonchev–Trinajstić information content (AvgIpc) is 3.32. The number of ether oxygens (including phenoxy) is 2. The van der Waals surface area contributed by atoms with Gasteiger partial charge in [-0.25, -0.2) is 4.99 Å². The Morgan fingerprint density at radius 1 is 1.03 bits per heavy atom. The summed E-state index contributed by atoms with van der Waals surface area (Å²) in [5, 5.41) is 4.83. The van der Waals surface area contributed by atoms with E-state index < -0.39 is 0 Å². The Bertz CT molecular complexity index is 1480. The Labute approximate surface area is 242 Å². The van der Waals surface area contributed by atoms with E-state index in [9.17, 15) is 4.79 Å². The smallest absolute Gasteiger partial charge is 0.259 e. The van der Waals surface area contributed by atoms with Crippen molar-refractivity contribution in [3.8, 4) is 11.5 Å². The molecule has 8 heteroatoms. The standard InChI is InChI=1S/C31H28Cl2N2O3S/c1-2-37-26-17-21(16-25(33)29(26)38-19-20-12-14-22(32)15-13-20)18-34-31-28(24-10-6-7-11-27(24)39-31)30(36)35-23-8-4-3-5-9-23/h3-5,8-9,12-18H,2,6-7,10-11,19H2,1H3,(H,35,36). The molecule has 4 aromatic rings. The van der Waals surface area contributed by atoms with Crippen LogP contribution in [0.1, 0.15) is 51.7 Å². The maximum absolute atomic E-state index is 13.4. The first-order valence-electron chi connectivity index (χ1n) is 12.9. The van der Waals surface area contributed by atoms with Gasteiger partial charge in [-0.3, -0.25) is 4.79 Å². The number of aryl methyl sites for hydroxylation is 1. The van der Waals surface area contributed by atoms with E-state index in [2.05, 4.69) is 5.32 Å². The van der Waals surface area contributed by atoms with Crippen LogP contribution in [0.15, 0.2) is 71.7 Å². The normalized spacial score (nSPS) is 12.8. The van der Waals surface area contributed by atoms with Crippen LogP contribution in [-0.2, 0) is 19.4 Å². The van der Waals surface area contributed by atoms with Crippen LogP contribution in [0.2, 0.25) is 10.0 Å². The van der Waals surface area contributed by atoms with Crippen molar-refractivity contribution in [3.63, 3.8) is 0 Å². The Kier molecular flexibility index (Phi) is 8.87. The molecule has 3 aromatic carbocycles. The second-order valence-electron chi connectivity index (χ2n) is 9.15. The lowest BCUT2D eigenvalue weighted by Crippen LogP contribution is -2.14. The molecule has 0 aliphatic heterocycles. The number of para-hydroxylation sites is 1. The Morgan fingerprint density at radius 3 is 2.56 bits per heavy atom. The SMILES string of the molecule is CCOc1cc(C=Nc2sc3c(c2C(=O)Nc2ccccc2)CCCC3)cc(Cl)c1OCc1ccc(Cl)cc1. The lowest BCUT2D eigenvalue weighted by Gasteiger charge is -2.14. The number of hydrogen-bond acceptors (Lipinski definition) is 5. The third-order valence-electron chi connectivity index (χ3n) is 6.37. The predicted molar refractivity (Wildman–Crippen MR) is 161 cm³/mol. The number of benzene rings is 3. The lowest BCUT2D eigenvalue weighted by atomic mass is 9.95. The van der Waals surface area contributed by atoms with E-state index >= 15 is 0 Å². The van der Waals surface area contributed by atoms with Gasteiger partial charge in [-0.15, -0.1) is 11.3 Å². The molecule has 0 saturated carbocycles. The molecule has 0 saturated heterocycles. The molecule has 1 aliphatic rings. The molecular weight excluding hydrogens is 551 g/mol. The molecule has 0 unspecified atom stereocenters. The molecule has 0 atom stereocenters. The third kappa shape index (κ3) is 6.64. The van der Waals surface area contributed by atoms with E-state index in [1.165, 1.54) is 4.88 Å². The molecule has 0 radical (unpaired) electrons. The van der Waals surface area contributed by atoms with Crippen LogP contribution < -0.4 is 14.8 Å². The first-order valence-corrected chi connectivity index (χ1v) is 14.5. The van der Waals surface area contributed by atoms with Gasteiger partial charge in [0.15, 0.2) is 11.5 Å². The fraction of sp³-hybridized carbons (Fsp3) is 0.226. The molecule has 200 valence electrons. The predicted octanol–water partition coefficient (Wildman–Crippen LogP) is 8.91. The van der Waals surface area contributed by atoms with E-state index in [1.807, 2.05) is 67.6 Å². The highest BCUT2D eigenvalue weighted by Gasteiger charge is 2.25. The third-order valence-corrected chi connectivity index (χ3v) is 8.10. The summed E-state index contributed by atoms with van der Waals surface area (Å²) in [6.45, 7) is 2.69. The van der Waals surface area contributed by atoms with E-state index in [0.717, 1.165) is 48.1 Å². The number of nitrogens with zero attached hydrogens (tertiary/aromatic N) is 1. The molecule has 1 aromatic heterocycles. The average molecular weight is 580 g/mol. The summed E-state index contributed by atoms with van der Waals surface area (Å²) in [5.74, 6) is 0.875. The molecule has 0 fully saturated rings. The van der Waals surface area contributed by atoms with Gasteiger partial charge in [-0.1, -0.05) is 53.5 Å². The van der Waals surface area contributed by atoms with Gasteiger partial charge in [-0.2, -0.15) is 0 Å². The minimum Gasteiger partial charge on any atom is -0.490 e. The van der Waals surface area contributed by atoms with Crippen molar-refractivity contribution in [2.75, 3.05) is 11.9 Å². The maximum Gasteiger partial charge on any atom is 0.259 e. The van der Waals surface area contributed by atoms with Gasteiger partial charge in [0.25, 0.3) is 5.91 Å². The van der Waals surface area contributed by atoms with Gasteiger partial charge in [0.2, 0.25) is 0 Å². The summed E-state index contributed by atoms with van der Waals surface area (Å²) < 4.78 is 11.9.